The molecule has 5 rings (SSSR count). The molecule has 0 spiro atoms. The largest absolute Gasteiger partial charge is 0.478 e. The quantitative estimate of drug-likeness (QED) is 0.614. The van der Waals surface area contributed by atoms with Gasteiger partial charge >= 0.3 is 5.97 Å². The fraction of sp³-hybridized carbons (Fsp3) is 0.381. The molecule has 2 aliphatic carbocycles. The zero-order valence-electron chi connectivity index (χ0n) is 14.7. The van der Waals surface area contributed by atoms with Crippen LogP contribution in [0.25, 0.3) is 0 Å². The van der Waals surface area contributed by atoms with Crippen LogP contribution in [-0.4, -0.2) is 16.0 Å². The molecule has 0 aromatic heterocycles. The summed E-state index contributed by atoms with van der Waals surface area (Å²) in [5, 5.41) is 24.7. The molecular weight excluding hydrogens is 344 g/mol. The van der Waals surface area contributed by atoms with E-state index in [9.17, 15) is 20.0 Å². The Morgan fingerprint density at radius 1 is 1.07 bits per heavy atom. The standard InChI is InChI=1S/C21H20N2O4/c24-21(25)15-6-3-5-14-17-11-8-9-12(10-11)18(17)20(22-19(14)15)13-4-1-2-7-16(13)23(26)27/h1-7,11-12,17-18,20,22H,8-10H2,(H,24,25)/t11-,12-,17+,18+,20+/m0/s1. The third kappa shape index (κ3) is 2.29. The van der Waals surface area contributed by atoms with Crippen molar-refractivity contribution in [2.75, 3.05) is 5.32 Å². The zero-order chi connectivity index (χ0) is 18.7. The van der Waals surface area contributed by atoms with Crippen molar-refractivity contribution in [3.05, 3.63) is 69.3 Å². The Balaban J connectivity index is 1.71. The minimum atomic E-state index is -0.970. The molecule has 2 N–H and O–H groups in total. The van der Waals surface area contributed by atoms with Crippen LogP contribution >= 0.6 is 0 Å². The lowest BCUT2D eigenvalue weighted by Gasteiger charge is -2.43. The van der Waals surface area contributed by atoms with Crippen LogP contribution in [0.2, 0.25) is 0 Å². The van der Waals surface area contributed by atoms with Gasteiger partial charge in [-0.3, -0.25) is 10.1 Å². The molecule has 2 saturated carbocycles. The molecule has 2 fully saturated rings. The van der Waals surface area contributed by atoms with Gasteiger partial charge in [-0.15, -0.1) is 0 Å². The first-order valence-corrected chi connectivity index (χ1v) is 9.42. The molecule has 1 aliphatic heterocycles. The van der Waals surface area contributed by atoms with Crippen LogP contribution in [0.5, 0.6) is 0 Å². The topological polar surface area (TPSA) is 92.5 Å². The second-order valence-corrected chi connectivity index (χ2v) is 7.95. The second kappa shape index (κ2) is 5.81. The maximum Gasteiger partial charge on any atom is 0.337 e. The summed E-state index contributed by atoms with van der Waals surface area (Å²) < 4.78 is 0. The van der Waals surface area contributed by atoms with Crippen LogP contribution in [0.15, 0.2) is 42.5 Å². The highest BCUT2D eigenvalue weighted by atomic mass is 16.6. The van der Waals surface area contributed by atoms with Crippen LogP contribution in [0.4, 0.5) is 11.4 Å². The molecule has 2 aromatic carbocycles. The number of carboxylic acids is 1. The fourth-order valence-corrected chi connectivity index (χ4v) is 5.92. The van der Waals surface area contributed by atoms with Crippen molar-refractivity contribution in [1.82, 2.24) is 0 Å². The number of anilines is 1. The summed E-state index contributed by atoms with van der Waals surface area (Å²) in [6.07, 6.45) is 3.44. The number of rotatable bonds is 3. The Labute approximate surface area is 156 Å². The number of carboxylic acid groups (broad SMARTS) is 1. The molecule has 6 nitrogen and oxygen atoms in total. The molecular formula is C21H20N2O4. The van der Waals surface area contributed by atoms with Crippen LogP contribution in [0.3, 0.4) is 0 Å². The molecule has 27 heavy (non-hydrogen) atoms. The number of nitro groups is 1. The number of fused-ring (bicyclic) bond motifs is 7. The first-order chi connectivity index (χ1) is 13.1. The van der Waals surface area contributed by atoms with Crippen LogP contribution in [-0.2, 0) is 0 Å². The van der Waals surface area contributed by atoms with Crippen LogP contribution in [0, 0.1) is 27.9 Å². The van der Waals surface area contributed by atoms with Crippen LogP contribution < -0.4 is 5.32 Å². The molecule has 2 bridgehead atoms. The summed E-state index contributed by atoms with van der Waals surface area (Å²) in [7, 11) is 0. The monoisotopic (exact) mass is 364 g/mol. The fourth-order valence-electron chi connectivity index (χ4n) is 5.92. The predicted molar refractivity (Wildman–Crippen MR) is 99.9 cm³/mol. The van der Waals surface area contributed by atoms with Gasteiger partial charge < -0.3 is 10.4 Å². The molecule has 5 atom stereocenters. The van der Waals surface area contributed by atoms with Crippen molar-refractivity contribution in [2.45, 2.75) is 31.2 Å². The Morgan fingerprint density at radius 2 is 1.81 bits per heavy atom. The van der Waals surface area contributed by atoms with Crippen molar-refractivity contribution < 1.29 is 14.8 Å². The molecule has 1 heterocycles. The number of hydrogen-bond acceptors (Lipinski definition) is 4. The summed E-state index contributed by atoms with van der Waals surface area (Å²) >= 11 is 0. The average Bonchev–Trinajstić information content (AvgIpc) is 3.29. The summed E-state index contributed by atoms with van der Waals surface area (Å²) in [4.78, 5) is 23.1. The van der Waals surface area contributed by atoms with E-state index in [4.69, 9.17) is 0 Å². The normalized spacial score (nSPS) is 30.3. The number of para-hydroxylation sites is 2. The Morgan fingerprint density at radius 3 is 2.59 bits per heavy atom. The highest BCUT2D eigenvalue weighted by Crippen LogP contribution is 2.64. The van der Waals surface area contributed by atoms with Gasteiger partial charge in [-0.25, -0.2) is 4.79 Å². The number of nitrogens with zero attached hydrogens (tertiary/aromatic N) is 1. The third-order valence-corrected chi connectivity index (χ3v) is 6.82. The SMILES string of the molecule is O=C(O)c1cccc2c1N[C@H](c1ccccc1[N+](=O)[O-])[C@@H]1[C@H]3CC[C@@H](C3)[C@H]21. The lowest BCUT2D eigenvalue weighted by molar-refractivity contribution is -0.385. The molecule has 6 heteroatoms. The van der Waals surface area contributed by atoms with Crippen molar-refractivity contribution in [1.29, 1.82) is 0 Å². The van der Waals surface area contributed by atoms with E-state index < -0.39 is 5.97 Å². The van der Waals surface area contributed by atoms with Gasteiger partial charge in [0.05, 0.1) is 27.8 Å². The molecule has 0 unspecified atom stereocenters. The Hall–Kier alpha value is -2.89. The van der Waals surface area contributed by atoms with Gasteiger partial charge in [0.25, 0.3) is 5.69 Å². The number of nitro benzene ring substituents is 1. The zero-order valence-corrected chi connectivity index (χ0v) is 14.7. The maximum atomic E-state index is 11.8. The average molecular weight is 364 g/mol. The lowest BCUT2D eigenvalue weighted by Crippen LogP contribution is -2.36. The molecule has 0 amide bonds. The second-order valence-electron chi connectivity index (χ2n) is 7.95. The van der Waals surface area contributed by atoms with Gasteiger partial charge in [0.2, 0.25) is 0 Å². The van der Waals surface area contributed by atoms with Gasteiger partial charge in [0, 0.05) is 6.07 Å². The molecule has 3 aliphatic rings. The molecule has 138 valence electrons. The van der Waals surface area contributed by atoms with E-state index in [2.05, 4.69) is 5.32 Å². The van der Waals surface area contributed by atoms with E-state index >= 15 is 0 Å². The first-order valence-electron chi connectivity index (χ1n) is 9.42. The summed E-state index contributed by atoms with van der Waals surface area (Å²) in [5.74, 6) is 0.627. The summed E-state index contributed by atoms with van der Waals surface area (Å²) in [6, 6.07) is 12.1. The highest BCUT2D eigenvalue weighted by molar-refractivity contribution is 5.95. The van der Waals surface area contributed by atoms with Crippen LogP contribution in [0.1, 0.15) is 52.7 Å². The number of carbonyl (C=O) groups is 1. The highest BCUT2D eigenvalue weighted by Gasteiger charge is 2.55. The maximum absolute atomic E-state index is 11.8. The summed E-state index contributed by atoms with van der Waals surface area (Å²) in [5.41, 5.74) is 2.73. The van der Waals surface area contributed by atoms with E-state index in [0.717, 1.165) is 24.8 Å². The van der Waals surface area contributed by atoms with Gasteiger partial charge in [-0.2, -0.15) is 0 Å². The van der Waals surface area contributed by atoms with Gasteiger partial charge in [-0.05, 0) is 54.6 Å². The smallest absolute Gasteiger partial charge is 0.337 e. The minimum Gasteiger partial charge on any atom is -0.478 e. The van der Waals surface area contributed by atoms with Crippen molar-refractivity contribution in [3.63, 3.8) is 0 Å². The number of benzene rings is 2. The van der Waals surface area contributed by atoms with Gasteiger partial charge in [0.1, 0.15) is 0 Å². The predicted octanol–water partition coefficient (Wildman–Crippen LogP) is 4.59. The lowest BCUT2D eigenvalue weighted by atomic mass is 9.67. The minimum absolute atomic E-state index is 0.104. The molecule has 0 radical (unpaired) electrons. The Kier molecular flexibility index (Phi) is 3.50. The number of hydrogen-bond donors (Lipinski definition) is 2. The van der Waals surface area contributed by atoms with E-state index in [1.807, 2.05) is 24.3 Å². The molecule has 2 aromatic rings. The third-order valence-electron chi connectivity index (χ3n) is 6.82. The summed E-state index contributed by atoms with van der Waals surface area (Å²) in [6.45, 7) is 0. The van der Waals surface area contributed by atoms with E-state index in [1.54, 1.807) is 12.1 Å². The van der Waals surface area contributed by atoms with E-state index in [1.165, 1.54) is 6.07 Å². The van der Waals surface area contributed by atoms with Crippen molar-refractivity contribution in [2.24, 2.45) is 17.8 Å². The molecule has 0 saturated heterocycles. The van der Waals surface area contributed by atoms with Gasteiger partial charge in [0.15, 0.2) is 0 Å². The van der Waals surface area contributed by atoms with E-state index in [-0.39, 0.29) is 34.1 Å². The number of aromatic carboxylic acids is 1. The van der Waals surface area contributed by atoms with Gasteiger partial charge in [-0.1, -0.05) is 30.3 Å². The van der Waals surface area contributed by atoms with Crippen molar-refractivity contribution >= 4 is 17.3 Å². The first kappa shape index (κ1) is 16.3. The van der Waals surface area contributed by atoms with Crippen molar-refractivity contribution in [3.8, 4) is 0 Å². The number of nitrogens with one attached hydrogen (secondary N) is 1. The Bertz CT molecular complexity index is 957. The van der Waals surface area contributed by atoms with E-state index in [0.29, 0.717) is 23.1 Å².